The summed E-state index contributed by atoms with van der Waals surface area (Å²) < 4.78 is 0. The van der Waals surface area contributed by atoms with Crippen molar-refractivity contribution in [3.63, 3.8) is 0 Å². The van der Waals surface area contributed by atoms with Crippen molar-refractivity contribution < 1.29 is 9.59 Å². The van der Waals surface area contributed by atoms with E-state index in [4.69, 9.17) is 0 Å². The third kappa shape index (κ3) is 6.64. The first-order valence-corrected chi connectivity index (χ1v) is 13.0. The highest BCUT2D eigenvalue weighted by Crippen LogP contribution is 2.26. The highest BCUT2D eigenvalue weighted by atomic mass is 32.1. The fourth-order valence-corrected chi connectivity index (χ4v) is 4.55. The summed E-state index contributed by atoms with van der Waals surface area (Å²) in [5, 5.41) is 12.3. The van der Waals surface area contributed by atoms with Crippen LogP contribution in [0.2, 0.25) is 0 Å². The van der Waals surface area contributed by atoms with Gasteiger partial charge < -0.3 is 10.2 Å². The van der Waals surface area contributed by atoms with Crippen molar-refractivity contribution >= 4 is 28.3 Å². The molecule has 3 aromatic carbocycles. The van der Waals surface area contributed by atoms with E-state index in [9.17, 15) is 9.59 Å². The van der Waals surface area contributed by atoms with Crippen LogP contribution in [0.4, 0.5) is 5.13 Å². The maximum Gasteiger partial charge on any atom is 0.253 e. The molecule has 0 bridgehead atoms. The normalized spacial score (nSPS) is 10.7. The van der Waals surface area contributed by atoms with Crippen LogP contribution in [0.5, 0.6) is 0 Å². The summed E-state index contributed by atoms with van der Waals surface area (Å²) in [4.78, 5) is 27.6. The van der Waals surface area contributed by atoms with Gasteiger partial charge in [-0.25, -0.2) is 0 Å². The van der Waals surface area contributed by atoms with Crippen LogP contribution >= 0.6 is 11.3 Å². The molecule has 0 fully saturated rings. The molecule has 1 heterocycles. The molecule has 36 heavy (non-hydrogen) atoms. The van der Waals surface area contributed by atoms with Crippen molar-refractivity contribution in [2.75, 3.05) is 18.4 Å². The number of carbonyl (C=O) groups excluding carboxylic acids is 2. The van der Waals surface area contributed by atoms with Gasteiger partial charge in [-0.3, -0.25) is 9.59 Å². The first kappa shape index (κ1) is 25.3. The fraction of sp³-hybridized carbons (Fsp3) is 0.241. The molecule has 0 saturated heterocycles. The number of nitrogens with one attached hydrogen (secondary N) is 1. The molecule has 0 unspecified atom stereocenters. The third-order valence-electron chi connectivity index (χ3n) is 5.89. The van der Waals surface area contributed by atoms with Crippen LogP contribution in [0.3, 0.4) is 0 Å². The Morgan fingerprint density at radius 2 is 1.50 bits per heavy atom. The van der Waals surface area contributed by atoms with Crippen LogP contribution in [0.1, 0.15) is 42.1 Å². The molecular formula is C29H30N4O2S. The monoisotopic (exact) mass is 498 g/mol. The Bertz CT molecular complexity index is 1290. The fourth-order valence-electron chi connectivity index (χ4n) is 3.79. The zero-order chi connectivity index (χ0) is 25.3. The van der Waals surface area contributed by atoms with Crippen molar-refractivity contribution in [1.82, 2.24) is 15.1 Å². The standard InChI is InChI=1S/C29H30N4O2S/c1-3-4-19-33(28(35)25-16-14-23(15-17-25)22-8-6-5-7-9-22)20-18-26(34)30-29-32-31-27(36-29)24-12-10-21(2)11-13-24/h5-17H,3-4,18-20H2,1-2H3,(H,30,32,34). The van der Waals surface area contributed by atoms with Gasteiger partial charge in [0.25, 0.3) is 5.91 Å². The third-order valence-corrected chi connectivity index (χ3v) is 6.77. The van der Waals surface area contributed by atoms with Crippen LogP contribution in [-0.2, 0) is 4.79 Å². The number of hydrogen-bond donors (Lipinski definition) is 1. The quantitative estimate of drug-likeness (QED) is 0.273. The molecule has 4 aromatic rings. The van der Waals surface area contributed by atoms with Crippen molar-refractivity contribution in [3.05, 3.63) is 90.0 Å². The number of unbranched alkanes of at least 4 members (excludes halogenated alkanes) is 1. The summed E-state index contributed by atoms with van der Waals surface area (Å²) in [6, 6.07) is 25.7. The zero-order valence-corrected chi connectivity index (χ0v) is 21.4. The second-order valence-corrected chi connectivity index (χ2v) is 9.64. The molecule has 2 amide bonds. The van der Waals surface area contributed by atoms with Crippen molar-refractivity contribution in [1.29, 1.82) is 0 Å². The van der Waals surface area contributed by atoms with Gasteiger partial charge in [0.2, 0.25) is 11.0 Å². The molecule has 0 aliphatic rings. The Labute approximate surface area is 216 Å². The number of carbonyl (C=O) groups is 2. The van der Waals surface area contributed by atoms with E-state index in [1.807, 2.05) is 85.8 Å². The number of nitrogens with zero attached hydrogens (tertiary/aromatic N) is 3. The summed E-state index contributed by atoms with van der Waals surface area (Å²) in [5.74, 6) is -0.247. The molecule has 0 atom stereocenters. The smallest absolute Gasteiger partial charge is 0.253 e. The molecule has 0 aliphatic carbocycles. The summed E-state index contributed by atoms with van der Waals surface area (Å²) >= 11 is 1.34. The van der Waals surface area contributed by atoms with Gasteiger partial charge in [0.05, 0.1) is 0 Å². The molecule has 0 saturated carbocycles. The highest BCUT2D eigenvalue weighted by molar-refractivity contribution is 7.18. The number of rotatable bonds is 10. The Balaban J connectivity index is 1.36. The van der Waals surface area contributed by atoms with Crippen molar-refractivity contribution in [2.45, 2.75) is 33.1 Å². The van der Waals surface area contributed by atoms with E-state index in [1.165, 1.54) is 16.9 Å². The predicted octanol–water partition coefficient (Wildman–Crippen LogP) is 6.45. The van der Waals surface area contributed by atoms with Crippen LogP contribution in [-0.4, -0.2) is 40.0 Å². The van der Waals surface area contributed by atoms with E-state index < -0.39 is 0 Å². The summed E-state index contributed by atoms with van der Waals surface area (Å²) in [7, 11) is 0. The molecule has 0 spiro atoms. The maximum absolute atomic E-state index is 13.2. The van der Waals surface area contributed by atoms with Gasteiger partial charge >= 0.3 is 0 Å². The Hall–Kier alpha value is -3.84. The Morgan fingerprint density at radius 3 is 2.19 bits per heavy atom. The first-order chi connectivity index (χ1) is 17.5. The SMILES string of the molecule is CCCCN(CCC(=O)Nc1nnc(-c2ccc(C)cc2)s1)C(=O)c1ccc(-c2ccccc2)cc1. The van der Waals surface area contributed by atoms with Crippen LogP contribution in [0.25, 0.3) is 21.7 Å². The highest BCUT2D eigenvalue weighted by Gasteiger charge is 2.18. The van der Waals surface area contributed by atoms with Gasteiger partial charge in [0.15, 0.2) is 0 Å². The predicted molar refractivity (Wildman–Crippen MR) is 146 cm³/mol. The Morgan fingerprint density at radius 1 is 0.833 bits per heavy atom. The molecule has 1 aromatic heterocycles. The number of amides is 2. The molecular weight excluding hydrogens is 468 g/mol. The van der Waals surface area contributed by atoms with Crippen molar-refractivity contribution in [3.8, 4) is 21.7 Å². The number of aryl methyl sites for hydroxylation is 1. The van der Waals surface area contributed by atoms with E-state index >= 15 is 0 Å². The second-order valence-electron chi connectivity index (χ2n) is 8.67. The zero-order valence-electron chi connectivity index (χ0n) is 20.6. The minimum absolute atomic E-state index is 0.0616. The molecule has 7 heteroatoms. The summed E-state index contributed by atoms with van der Waals surface area (Å²) in [5.41, 5.74) is 4.93. The van der Waals surface area contributed by atoms with Crippen LogP contribution in [0, 0.1) is 6.92 Å². The molecule has 0 aliphatic heterocycles. The molecule has 0 radical (unpaired) electrons. The first-order valence-electron chi connectivity index (χ1n) is 12.2. The summed E-state index contributed by atoms with van der Waals surface area (Å²) in [6.07, 6.45) is 2.04. The lowest BCUT2D eigenvalue weighted by Gasteiger charge is -2.22. The Kier molecular flexibility index (Phi) is 8.57. The minimum Gasteiger partial charge on any atom is -0.338 e. The van der Waals surface area contributed by atoms with Gasteiger partial charge in [-0.15, -0.1) is 10.2 Å². The largest absolute Gasteiger partial charge is 0.338 e. The van der Waals surface area contributed by atoms with Gasteiger partial charge in [-0.1, -0.05) is 97.0 Å². The van der Waals surface area contributed by atoms with Crippen molar-refractivity contribution in [2.24, 2.45) is 0 Å². The van der Waals surface area contributed by atoms with Gasteiger partial charge in [-0.2, -0.15) is 0 Å². The lowest BCUT2D eigenvalue weighted by Crippen LogP contribution is -2.34. The van der Waals surface area contributed by atoms with E-state index in [0.717, 1.165) is 34.5 Å². The maximum atomic E-state index is 13.2. The average molecular weight is 499 g/mol. The molecule has 6 nitrogen and oxygen atoms in total. The number of aromatic nitrogens is 2. The van der Waals surface area contributed by atoms with Crippen LogP contribution in [0.15, 0.2) is 78.9 Å². The minimum atomic E-state index is -0.185. The number of hydrogen-bond acceptors (Lipinski definition) is 5. The molecule has 1 N–H and O–H groups in total. The topological polar surface area (TPSA) is 75.2 Å². The molecule has 184 valence electrons. The van der Waals surface area contributed by atoms with Gasteiger partial charge in [-0.05, 0) is 36.6 Å². The van der Waals surface area contributed by atoms with Crippen LogP contribution < -0.4 is 5.32 Å². The van der Waals surface area contributed by atoms with E-state index in [1.54, 1.807) is 4.90 Å². The molecule has 4 rings (SSSR count). The van der Waals surface area contributed by atoms with E-state index in [0.29, 0.717) is 23.8 Å². The summed E-state index contributed by atoms with van der Waals surface area (Å²) in [6.45, 7) is 5.07. The van der Waals surface area contributed by atoms with Gasteiger partial charge in [0, 0.05) is 30.6 Å². The van der Waals surface area contributed by atoms with E-state index in [-0.39, 0.29) is 18.2 Å². The lowest BCUT2D eigenvalue weighted by molar-refractivity contribution is -0.116. The second kappa shape index (κ2) is 12.2. The van der Waals surface area contributed by atoms with Gasteiger partial charge in [0.1, 0.15) is 5.01 Å². The average Bonchev–Trinajstić information content (AvgIpc) is 3.37. The lowest BCUT2D eigenvalue weighted by atomic mass is 10.0. The number of benzene rings is 3. The van der Waals surface area contributed by atoms with E-state index in [2.05, 4.69) is 22.4 Å². The number of anilines is 1.